The topological polar surface area (TPSA) is 113 Å². The first-order chi connectivity index (χ1) is 6.86. The number of carbonyl (C=O) groups is 3. The zero-order chi connectivity index (χ0) is 11.7. The van der Waals surface area contributed by atoms with E-state index < -0.39 is 29.0 Å². The van der Waals surface area contributed by atoms with Crippen LogP contribution >= 0.6 is 0 Å². The minimum atomic E-state index is -1.69. The Hall–Kier alpha value is -2.11. The zero-order valence-electron chi connectivity index (χ0n) is 8.04. The fourth-order valence-electron chi connectivity index (χ4n) is 1.35. The third-order valence-corrected chi connectivity index (χ3v) is 2.01. The molecule has 0 aliphatic heterocycles. The van der Waals surface area contributed by atoms with Crippen LogP contribution in [0, 0.1) is 6.92 Å². The summed E-state index contributed by atoms with van der Waals surface area (Å²) in [6.07, 6.45) is 0. The van der Waals surface area contributed by atoms with Gasteiger partial charge >= 0.3 is 0 Å². The van der Waals surface area contributed by atoms with E-state index in [1.54, 1.807) is 0 Å². The van der Waals surface area contributed by atoms with Gasteiger partial charge in [-0.1, -0.05) is 0 Å². The van der Waals surface area contributed by atoms with Crippen LogP contribution < -0.4 is 10.2 Å². The second-order valence-corrected chi connectivity index (χ2v) is 3.01. The molecule has 0 spiro atoms. The van der Waals surface area contributed by atoms with Gasteiger partial charge in [0.05, 0.1) is 23.3 Å². The first-order valence-electron chi connectivity index (χ1n) is 4.02. The fraction of sp³-hybridized carbons (Fsp3) is 0.222. The van der Waals surface area contributed by atoms with Gasteiger partial charge in [0, 0.05) is 12.5 Å². The highest BCUT2D eigenvalue weighted by Crippen LogP contribution is 2.17. The molecule has 0 saturated heterocycles. The van der Waals surface area contributed by atoms with Crippen molar-refractivity contribution in [2.75, 3.05) is 0 Å². The monoisotopic (exact) mass is 209 g/mol. The van der Waals surface area contributed by atoms with E-state index in [-0.39, 0.29) is 11.3 Å². The lowest BCUT2D eigenvalue weighted by molar-refractivity contribution is -0.260. The first-order valence-corrected chi connectivity index (χ1v) is 4.02. The van der Waals surface area contributed by atoms with Gasteiger partial charge in [0.25, 0.3) is 0 Å². The molecule has 0 atom stereocenters. The number of ketones is 1. The van der Waals surface area contributed by atoms with Gasteiger partial charge in [-0.3, -0.25) is 4.79 Å². The standard InChI is InChI=1S/C9H9NO5/c1-3-5(8(12)13)7(9(14)15)10-6(3)4(2)11/h10H,1-2H3,(H,12,13)(H,14,15)/p-2. The summed E-state index contributed by atoms with van der Waals surface area (Å²) in [5.74, 6) is -3.80. The minimum absolute atomic E-state index is 0.0432. The third kappa shape index (κ3) is 1.74. The van der Waals surface area contributed by atoms with Gasteiger partial charge < -0.3 is 24.8 Å². The SMILES string of the molecule is CC(=O)c1[nH]c(C(=O)[O-])c(C(=O)[O-])c1C. The second-order valence-electron chi connectivity index (χ2n) is 3.01. The molecule has 6 nitrogen and oxygen atoms in total. The van der Waals surface area contributed by atoms with E-state index in [1.807, 2.05) is 0 Å². The van der Waals surface area contributed by atoms with E-state index in [0.717, 1.165) is 0 Å². The molecular formula is C9H7NO5-2. The Morgan fingerprint density at radius 1 is 1.07 bits per heavy atom. The number of carbonyl (C=O) groups excluding carboxylic acids is 3. The average molecular weight is 209 g/mol. The van der Waals surface area contributed by atoms with Gasteiger partial charge in [0.15, 0.2) is 5.78 Å². The van der Waals surface area contributed by atoms with Crippen LogP contribution in [0.3, 0.4) is 0 Å². The predicted octanol–water partition coefficient (Wildman–Crippen LogP) is -1.75. The van der Waals surface area contributed by atoms with Crippen LogP contribution in [0.2, 0.25) is 0 Å². The molecule has 15 heavy (non-hydrogen) atoms. The van der Waals surface area contributed by atoms with Crippen molar-refractivity contribution >= 4 is 17.7 Å². The van der Waals surface area contributed by atoms with Crippen molar-refractivity contribution in [2.24, 2.45) is 0 Å². The number of aromatic amines is 1. The molecule has 1 rings (SSSR count). The molecule has 0 aliphatic carbocycles. The van der Waals surface area contributed by atoms with E-state index >= 15 is 0 Å². The second kappa shape index (κ2) is 3.56. The molecule has 0 amide bonds. The molecule has 0 unspecified atom stereocenters. The largest absolute Gasteiger partial charge is 0.545 e. The zero-order valence-corrected chi connectivity index (χ0v) is 8.04. The summed E-state index contributed by atoms with van der Waals surface area (Å²) in [5.41, 5.74) is -1.20. The molecule has 0 aromatic carbocycles. The Morgan fingerprint density at radius 2 is 1.60 bits per heavy atom. The quantitative estimate of drug-likeness (QED) is 0.593. The molecule has 0 saturated carbocycles. The summed E-state index contributed by atoms with van der Waals surface area (Å²) in [6.45, 7) is 2.52. The van der Waals surface area contributed by atoms with E-state index in [0.29, 0.717) is 0 Å². The molecule has 1 aromatic rings. The van der Waals surface area contributed by atoms with E-state index in [9.17, 15) is 24.6 Å². The maximum atomic E-state index is 11.0. The number of rotatable bonds is 3. The van der Waals surface area contributed by atoms with Crippen LogP contribution in [0.15, 0.2) is 0 Å². The molecule has 0 aliphatic rings. The van der Waals surface area contributed by atoms with Crippen LogP contribution in [0.25, 0.3) is 0 Å². The van der Waals surface area contributed by atoms with Gasteiger partial charge in [-0.05, 0) is 12.5 Å². The molecule has 0 radical (unpaired) electrons. The maximum Gasteiger partial charge on any atom is 0.176 e. The van der Waals surface area contributed by atoms with Crippen LogP contribution in [-0.2, 0) is 0 Å². The first kappa shape index (κ1) is 11.0. The third-order valence-electron chi connectivity index (χ3n) is 2.01. The number of hydrogen-bond acceptors (Lipinski definition) is 5. The molecule has 0 bridgehead atoms. The van der Waals surface area contributed by atoms with Crippen molar-refractivity contribution in [3.05, 3.63) is 22.5 Å². The molecule has 1 aromatic heterocycles. The molecule has 6 heteroatoms. The summed E-state index contributed by atoms with van der Waals surface area (Å²) >= 11 is 0. The van der Waals surface area contributed by atoms with Crippen molar-refractivity contribution < 1.29 is 24.6 Å². The lowest BCUT2D eigenvalue weighted by Gasteiger charge is -2.06. The molecule has 80 valence electrons. The number of aromatic nitrogens is 1. The molecular weight excluding hydrogens is 202 g/mol. The van der Waals surface area contributed by atoms with E-state index in [4.69, 9.17) is 0 Å². The molecule has 0 fully saturated rings. The number of nitrogens with one attached hydrogen (secondary N) is 1. The minimum Gasteiger partial charge on any atom is -0.545 e. The Labute approximate surface area is 84.5 Å². The van der Waals surface area contributed by atoms with Crippen molar-refractivity contribution in [3.63, 3.8) is 0 Å². The highest BCUT2D eigenvalue weighted by Gasteiger charge is 2.17. The van der Waals surface area contributed by atoms with Crippen molar-refractivity contribution in [1.82, 2.24) is 4.98 Å². The van der Waals surface area contributed by atoms with Crippen LogP contribution in [-0.4, -0.2) is 22.7 Å². The lowest BCUT2D eigenvalue weighted by atomic mass is 10.1. The molecule has 1 N–H and O–H groups in total. The van der Waals surface area contributed by atoms with Crippen LogP contribution in [0.5, 0.6) is 0 Å². The number of H-pyrrole nitrogens is 1. The summed E-state index contributed by atoms with van der Waals surface area (Å²) in [5, 5.41) is 21.2. The number of carboxylic acids is 2. The van der Waals surface area contributed by atoms with Gasteiger partial charge in [0.2, 0.25) is 0 Å². The van der Waals surface area contributed by atoms with Gasteiger partial charge in [0.1, 0.15) is 0 Å². The molecule has 1 heterocycles. The number of Topliss-reactive ketones (excluding diaryl/α,β-unsaturated/α-hetero) is 1. The van der Waals surface area contributed by atoms with E-state index in [1.165, 1.54) is 13.8 Å². The van der Waals surface area contributed by atoms with Crippen molar-refractivity contribution in [3.8, 4) is 0 Å². The highest BCUT2D eigenvalue weighted by atomic mass is 16.4. The normalized spacial score (nSPS) is 10.0. The summed E-state index contributed by atoms with van der Waals surface area (Å²) in [7, 11) is 0. The Balaban J connectivity index is 3.53. The fourth-order valence-corrected chi connectivity index (χ4v) is 1.35. The van der Waals surface area contributed by atoms with Crippen molar-refractivity contribution in [2.45, 2.75) is 13.8 Å². The predicted molar refractivity (Wildman–Crippen MR) is 44.2 cm³/mol. The van der Waals surface area contributed by atoms with Gasteiger partial charge in [-0.15, -0.1) is 0 Å². The Morgan fingerprint density at radius 3 is 1.87 bits per heavy atom. The lowest BCUT2D eigenvalue weighted by Crippen LogP contribution is -2.30. The maximum absolute atomic E-state index is 11.0. The average Bonchev–Trinajstić information content (AvgIpc) is 2.42. The Bertz CT molecular complexity index is 457. The smallest absolute Gasteiger partial charge is 0.176 e. The highest BCUT2D eigenvalue weighted by molar-refractivity contribution is 6.05. The Kier molecular flexibility index (Phi) is 2.61. The summed E-state index contributed by atoms with van der Waals surface area (Å²) < 4.78 is 0. The van der Waals surface area contributed by atoms with Crippen molar-refractivity contribution in [1.29, 1.82) is 0 Å². The van der Waals surface area contributed by atoms with E-state index in [2.05, 4.69) is 4.98 Å². The van der Waals surface area contributed by atoms with Crippen LogP contribution in [0.4, 0.5) is 0 Å². The van der Waals surface area contributed by atoms with Gasteiger partial charge in [-0.2, -0.15) is 0 Å². The number of hydrogen-bond donors (Lipinski definition) is 1. The summed E-state index contributed by atoms with van der Waals surface area (Å²) in [4.78, 5) is 34.4. The number of carboxylic acid groups (broad SMARTS) is 2. The van der Waals surface area contributed by atoms with Crippen LogP contribution in [0.1, 0.15) is 43.8 Å². The summed E-state index contributed by atoms with van der Waals surface area (Å²) in [6, 6.07) is 0. The number of aromatic carboxylic acids is 2. The van der Waals surface area contributed by atoms with Gasteiger partial charge in [-0.25, -0.2) is 0 Å².